The zero-order valence-electron chi connectivity index (χ0n) is 12.3. The average Bonchev–Trinajstić information content (AvgIpc) is 2.55. The SMILES string of the molecule is CC[C@H](C)N1C(=O)c2ccccc2N[C@H]1c1cccnc1. The molecule has 1 aliphatic rings. The lowest BCUT2D eigenvalue weighted by atomic mass is 10.0. The summed E-state index contributed by atoms with van der Waals surface area (Å²) in [6.45, 7) is 4.18. The monoisotopic (exact) mass is 281 g/mol. The quantitative estimate of drug-likeness (QED) is 0.937. The van der Waals surface area contributed by atoms with E-state index in [0.29, 0.717) is 0 Å². The number of fused-ring (bicyclic) bond motifs is 1. The normalized spacial score (nSPS) is 18.9. The van der Waals surface area contributed by atoms with Gasteiger partial charge in [-0.3, -0.25) is 9.78 Å². The van der Waals surface area contributed by atoms with Crippen LogP contribution in [0.3, 0.4) is 0 Å². The van der Waals surface area contributed by atoms with Gasteiger partial charge >= 0.3 is 0 Å². The van der Waals surface area contributed by atoms with E-state index in [9.17, 15) is 4.79 Å². The lowest BCUT2D eigenvalue weighted by Crippen LogP contribution is -2.47. The molecule has 21 heavy (non-hydrogen) atoms. The minimum atomic E-state index is -0.170. The van der Waals surface area contributed by atoms with E-state index >= 15 is 0 Å². The van der Waals surface area contributed by atoms with Crippen LogP contribution >= 0.6 is 0 Å². The average molecular weight is 281 g/mol. The van der Waals surface area contributed by atoms with Gasteiger partial charge in [0.05, 0.1) is 5.56 Å². The topological polar surface area (TPSA) is 45.2 Å². The molecule has 1 amide bonds. The maximum atomic E-state index is 12.9. The number of aromatic nitrogens is 1. The molecule has 0 bridgehead atoms. The number of hydrogen-bond donors (Lipinski definition) is 1. The van der Waals surface area contributed by atoms with Gasteiger partial charge in [-0.1, -0.05) is 25.1 Å². The number of nitrogens with one attached hydrogen (secondary N) is 1. The third-order valence-corrected chi connectivity index (χ3v) is 4.03. The Bertz CT molecular complexity index is 641. The number of para-hydroxylation sites is 1. The van der Waals surface area contributed by atoms with Gasteiger partial charge in [0.25, 0.3) is 5.91 Å². The first kappa shape index (κ1) is 13.6. The molecule has 4 heteroatoms. The van der Waals surface area contributed by atoms with Gasteiger partial charge in [-0.15, -0.1) is 0 Å². The Kier molecular flexibility index (Phi) is 3.60. The number of carbonyl (C=O) groups is 1. The fourth-order valence-electron chi connectivity index (χ4n) is 2.70. The van der Waals surface area contributed by atoms with E-state index in [1.807, 2.05) is 47.5 Å². The zero-order valence-corrected chi connectivity index (χ0v) is 12.3. The van der Waals surface area contributed by atoms with Crippen LogP contribution in [0.4, 0.5) is 5.69 Å². The van der Waals surface area contributed by atoms with Crippen molar-refractivity contribution in [2.45, 2.75) is 32.5 Å². The molecule has 0 spiro atoms. The molecule has 1 aromatic carbocycles. The van der Waals surface area contributed by atoms with E-state index in [2.05, 4.69) is 24.1 Å². The van der Waals surface area contributed by atoms with Crippen molar-refractivity contribution in [3.63, 3.8) is 0 Å². The fraction of sp³-hybridized carbons (Fsp3) is 0.294. The number of anilines is 1. The summed E-state index contributed by atoms with van der Waals surface area (Å²) >= 11 is 0. The summed E-state index contributed by atoms with van der Waals surface area (Å²) in [6.07, 6.45) is 4.30. The lowest BCUT2D eigenvalue weighted by Gasteiger charge is -2.41. The maximum Gasteiger partial charge on any atom is 0.258 e. The molecule has 4 nitrogen and oxygen atoms in total. The lowest BCUT2D eigenvalue weighted by molar-refractivity contribution is 0.0593. The molecule has 2 aromatic rings. The molecule has 0 saturated heterocycles. The van der Waals surface area contributed by atoms with Gasteiger partial charge < -0.3 is 10.2 Å². The molecular formula is C17H19N3O. The van der Waals surface area contributed by atoms with E-state index in [1.165, 1.54) is 0 Å². The molecule has 108 valence electrons. The molecule has 0 radical (unpaired) electrons. The van der Waals surface area contributed by atoms with Crippen molar-refractivity contribution in [3.05, 3.63) is 59.9 Å². The summed E-state index contributed by atoms with van der Waals surface area (Å²) < 4.78 is 0. The number of hydrogen-bond acceptors (Lipinski definition) is 3. The van der Waals surface area contributed by atoms with Crippen LogP contribution in [0.2, 0.25) is 0 Å². The second-order valence-corrected chi connectivity index (χ2v) is 5.35. The maximum absolute atomic E-state index is 12.9. The Morgan fingerprint density at radius 2 is 2.10 bits per heavy atom. The van der Waals surface area contributed by atoms with E-state index in [4.69, 9.17) is 0 Å². The number of nitrogens with zero attached hydrogens (tertiary/aromatic N) is 2. The Morgan fingerprint density at radius 3 is 2.81 bits per heavy atom. The van der Waals surface area contributed by atoms with Gasteiger partial charge in [-0.25, -0.2) is 0 Å². The summed E-state index contributed by atoms with van der Waals surface area (Å²) in [5.74, 6) is 0.0764. The molecule has 0 saturated carbocycles. The van der Waals surface area contributed by atoms with Crippen LogP contribution in [-0.2, 0) is 0 Å². The Labute approximate surface area is 124 Å². The molecular weight excluding hydrogens is 262 g/mol. The molecule has 1 aliphatic heterocycles. The van der Waals surface area contributed by atoms with Crippen molar-refractivity contribution in [2.24, 2.45) is 0 Å². The Hall–Kier alpha value is -2.36. The molecule has 2 atom stereocenters. The van der Waals surface area contributed by atoms with Crippen molar-refractivity contribution in [2.75, 3.05) is 5.32 Å². The number of amides is 1. The molecule has 2 heterocycles. The molecule has 0 unspecified atom stereocenters. The van der Waals surface area contributed by atoms with Gasteiger partial charge in [0, 0.05) is 29.7 Å². The third kappa shape index (κ3) is 2.37. The van der Waals surface area contributed by atoms with Crippen molar-refractivity contribution in [1.82, 2.24) is 9.88 Å². The summed E-state index contributed by atoms with van der Waals surface area (Å²) in [6, 6.07) is 11.7. The van der Waals surface area contributed by atoms with Crippen molar-refractivity contribution in [1.29, 1.82) is 0 Å². The number of rotatable bonds is 3. The highest BCUT2D eigenvalue weighted by molar-refractivity contribution is 6.01. The zero-order chi connectivity index (χ0) is 14.8. The van der Waals surface area contributed by atoms with Gasteiger partial charge in [-0.05, 0) is 31.5 Å². The standard InChI is InChI=1S/C17H19N3O/c1-3-12(2)20-16(13-7-6-10-18-11-13)19-15-9-5-4-8-14(15)17(20)21/h4-12,16,19H,3H2,1-2H3/t12-,16+/m0/s1. The third-order valence-electron chi connectivity index (χ3n) is 4.03. The first-order valence-electron chi connectivity index (χ1n) is 7.30. The van der Waals surface area contributed by atoms with Crippen molar-refractivity contribution >= 4 is 11.6 Å². The van der Waals surface area contributed by atoms with Crippen LogP contribution < -0.4 is 5.32 Å². The van der Waals surface area contributed by atoms with Gasteiger partial charge in [0.2, 0.25) is 0 Å². The first-order valence-corrected chi connectivity index (χ1v) is 7.30. The van der Waals surface area contributed by atoms with Crippen molar-refractivity contribution in [3.8, 4) is 0 Å². The van der Waals surface area contributed by atoms with Gasteiger partial charge in [0.1, 0.15) is 6.17 Å². The van der Waals surface area contributed by atoms with E-state index in [0.717, 1.165) is 23.2 Å². The number of pyridine rings is 1. The summed E-state index contributed by atoms with van der Waals surface area (Å²) in [5.41, 5.74) is 2.62. The minimum absolute atomic E-state index is 0.0764. The number of carbonyl (C=O) groups excluding carboxylic acids is 1. The van der Waals surface area contributed by atoms with Crippen LogP contribution in [0.15, 0.2) is 48.8 Å². The highest BCUT2D eigenvalue weighted by atomic mass is 16.2. The minimum Gasteiger partial charge on any atom is -0.361 e. The Balaban J connectivity index is 2.07. The smallest absolute Gasteiger partial charge is 0.258 e. The highest BCUT2D eigenvalue weighted by Gasteiger charge is 2.35. The van der Waals surface area contributed by atoms with Crippen LogP contribution in [0.25, 0.3) is 0 Å². The molecule has 1 N–H and O–H groups in total. The highest BCUT2D eigenvalue weighted by Crippen LogP contribution is 2.34. The van der Waals surface area contributed by atoms with E-state index < -0.39 is 0 Å². The van der Waals surface area contributed by atoms with Crippen LogP contribution in [0.5, 0.6) is 0 Å². The summed E-state index contributed by atoms with van der Waals surface area (Å²) in [5, 5.41) is 3.47. The summed E-state index contributed by atoms with van der Waals surface area (Å²) in [4.78, 5) is 19.0. The molecule has 0 aliphatic carbocycles. The summed E-state index contributed by atoms with van der Waals surface area (Å²) in [7, 11) is 0. The van der Waals surface area contributed by atoms with E-state index in [-0.39, 0.29) is 18.1 Å². The van der Waals surface area contributed by atoms with Gasteiger partial charge in [-0.2, -0.15) is 0 Å². The molecule has 3 rings (SSSR count). The fourth-order valence-corrected chi connectivity index (χ4v) is 2.70. The first-order chi connectivity index (χ1) is 10.2. The molecule has 0 fully saturated rings. The van der Waals surface area contributed by atoms with E-state index in [1.54, 1.807) is 6.20 Å². The van der Waals surface area contributed by atoms with Gasteiger partial charge in [0.15, 0.2) is 0 Å². The predicted octanol–water partition coefficient (Wildman–Crippen LogP) is 3.45. The predicted molar refractivity (Wildman–Crippen MR) is 83.0 cm³/mol. The second-order valence-electron chi connectivity index (χ2n) is 5.35. The van der Waals surface area contributed by atoms with Crippen LogP contribution in [-0.4, -0.2) is 21.8 Å². The van der Waals surface area contributed by atoms with Crippen LogP contribution in [0, 0.1) is 0 Å². The Morgan fingerprint density at radius 1 is 1.29 bits per heavy atom. The molecule has 1 aromatic heterocycles. The van der Waals surface area contributed by atoms with Crippen LogP contribution in [0.1, 0.15) is 42.4 Å². The van der Waals surface area contributed by atoms with Crippen molar-refractivity contribution < 1.29 is 4.79 Å². The largest absolute Gasteiger partial charge is 0.361 e. The second kappa shape index (κ2) is 5.56. The number of benzene rings is 1.